The van der Waals surface area contributed by atoms with E-state index in [0.29, 0.717) is 22.8 Å². The zero-order chi connectivity index (χ0) is 20.3. The van der Waals surface area contributed by atoms with Gasteiger partial charge in [-0.2, -0.15) is 0 Å². The summed E-state index contributed by atoms with van der Waals surface area (Å²) in [5.41, 5.74) is 0.497. The first kappa shape index (κ1) is 19.1. The molecule has 146 valence electrons. The van der Waals surface area contributed by atoms with Crippen LogP contribution in [0.1, 0.15) is 0 Å². The van der Waals surface area contributed by atoms with E-state index < -0.39 is 12.6 Å². The van der Waals surface area contributed by atoms with Gasteiger partial charge < -0.3 is 28.5 Å². The number of methoxy groups -OCH3 is 3. The first-order valence-corrected chi connectivity index (χ1v) is 8.19. The Morgan fingerprint density at radius 1 is 0.964 bits per heavy atom. The van der Waals surface area contributed by atoms with Crippen molar-refractivity contribution in [3.05, 3.63) is 46.6 Å². The van der Waals surface area contributed by atoms with Crippen molar-refractivity contribution in [3.8, 4) is 34.3 Å². The van der Waals surface area contributed by atoms with E-state index in [-0.39, 0.29) is 27.9 Å². The van der Waals surface area contributed by atoms with Crippen LogP contribution in [0.3, 0.4) is 0 Å². The number of hydrogen-bond donors (Lipinski definition) is 1. The highest BCUT2D eigenvalue weighted by Crippen LogP contribution is 2.35. The van der Waals surface area contributed by atoms with E-state index in [0.717, 1.165) is 0 Å². The topological polar surface area (TPSA) is 104 Å². The van der Waals surface area contributed by atoms with E-state index in [1.165, 1.54) is 39.5 Å². The molecule has 0 amide bonds. The predicted molar refractivity (Wildman–Crippen MR) is 101 cm³/mol. The predicted octanol–water partition coefficient (Wildman–Crippen LogP) is 2.95. The molecule has 1 aromatic heterocycles. The van der Waals surface area contributed by atoms with Gasteiger partial charge >= 0.3 is 5.97 Å². The number of aliphatic carboxylic acids is 1. The molecule has 28 heavy (non-hydrogen) atoms. The van der Waals surface area contributed by atoms with Crippen molar-refractivity contribution in [2.45, 2.75) is 0 Å². The molecule has 0 saturated carbocycles. The van der Waals surface area contributed by atoms with Crippen molar-refractivity contribution in [1.29, 1.82) is 0 Å². The molecule has 8 heteroatoms. The Morgan fingerprint density at radius 2 is 1.68 bits per heavy atom. The monoisotopic (exact) mass is 386 g/mol. The lowest BCUT2D eigenvalue weighted by atomic mass is 10.1. The second-order valence-electron chi connectivity index (χ2n) is 5.73. The van der Waals surface area contributed by atoms with Crippen LogP contribution in [-0.2, 0) is 4.79 Å². The molecule has 0 saturated heterocycles. The summed E-state index contributed by atoms with van der Waals surface area (Å²) < 4.78 is 26.8. The molecule has 0 atom stereocenters. The molecule has 0 aliphatic rings. The SMILES string of the molecule is COc1ccc(-c2cc(=O)c3c(OC)cc(OCC(=O)O)cc3o2)cc1OC. The molecule has 3 aromatic rings. The first-order chi connectivity index (χ1) is 13.5. The average molecular weight is 386 g/mol. The van der Waals surface area contributed by atoms with E-state index in [2.05, 4.69) is 0 Å². The van der Waals surface area contributed by atoms with Crippen LogP contribution in [0.2, 0.25) is 0 Å². The number of rotatable bonds is 7. The Bertz CT molecular complexity index is 1080. The van der Waals surface area contributed by atoms with E-state index in [9.17, 15) is 9.59 Å². The van der Waals surface area contributed by atoms with Gasteiger partial charge in [-0.3, -0.25) is 4.79 Å². The summed E-state index contributed by atoms with van der Waals surface area (Å²) in [5.74, 6) is 0.639. The van der Waals surface area contributed by atoms with Gasteiger partial charge in [0, 0.05) is 23.8 Å². The summed E-state index contributed by atoms with van der Waals surface area (Å²) in [5, 5.41) is 9.02. The number of benzene rings is 2. The summed E-state index contributed by atoms with van der Waals surface area (Å²) in [7, 11) is 4.44. The maximum Gasteiger partial charge on any atom is 0.341 e. The summed E-state index contributed by atoms with van der Waals surface area (Å²) in [6.07, 6.45) is 0. The average Bonchev–Trinajstić information content (AvgIpc) is 2.70. The fraction of sp³-hybridized carbons (Fsp3) is 0.200. The molecule has 0 spiro atoms. The lowest BCUT2D eigenvalue weighted by molar-refractivity contribution is -0.139. The van der Waals surface area contributed by atoms with Crippen molar-refractivity contribution in [3.63, 3.8) is 0 Å². The molecule has 0 bridgehead atoms. The minimum absolute atomic E-state index is 0.206. The van der Waals surface area contributed by atoms with Crippen LogP contribution in [-0.4, -0.2) is 39.0 Å². The number of carboxylic acid groups (broad SMARTS) is 1. The molecule has 0 aliphatic heterocycles. The standard InChI is InChI=1S/C20H18O8/c1-24-14-5-4-11(6-16(14)25-2)15-9-13(21)20-17(26-3)7-12(8-18(20)28-15)27-10-19(22)23/h4-9H,10H2,1-3H3,(H,22,23). The fourth-order valence-electron chi connectivity index (χ4n) is 2.75. The number of carboxylic acids is 1. The third-order valence-electron chi connectivity index (χ3n) is 4.02. The molecule has 1 N–H and O–H groups in total. The van der Waals surface area contributed by atoms with Crippen LogP contribution >= 0.6 is 0 Å². The van der Waals surface area contributed by atoms with E-state index >= 15 is 0 Å². The van der Waals surface area contributed by atoms with Crippen LogP contribution in [0.25, 0.3) is 22.3 Å². The maximum absolute atomic E-state index is 12.7. The Hall–Kier alpha value is -3.68. The molecule has 2 aromatic carbocycles. The van der Waals surface area contributed by atoms with Gasteiger partial charge in [-0.15, -0.1) is 0 Å². The van der Waals surface area contributed by atoms with Gasteiger partial charge in [0.15, 0.2) is 23.5 Å². The third-order valence-corrected chi connectivity index (χ3v) is 4.02. The smallest absolute Gasteiger partial charge is 0.341 e. The molecule has 8 nitrogen and oxygen atoms in total. The lowest BCUT2D eigenvalue weighted by Gasteiger charge is -2.11. The van der Waals surface area contributed by atoms with Crippen LogP contribution in [0.5, 0.6) is 23.0 Å². The Kier molecular flexibility index (Phi) is 5.39. The first-order valence-electron chi connectivity index (χ1n) is 8.19. The molecule has 0 radical (unpaired) electrons. The maximum atomic E-state index is 12.7. The number of fused-ring (bicyclic) bond motifs is 1. The second-order valence-corrected chi connectivity index (χ2v) is 5.73. The summed E-state index contributed by atoms with van der Waals surface area (Å²) in [6.45, 7) is -0.533. The zero-order valence-corrected chi connectivity index (χ0v) is 15.5. The largest absolute Gasteiger partial charge is 0.496 e. The quantitative estimate of drug-likeness (QED) is 0.661. The number of ether oxygens (including phenoxy) is 4. The van der Waals surface area contributed by atoms with Gasteiger partial charge in [0.25, 0.3) is 0 Å². The molecule has 0 fully saturated rings. The minimum Gasteiger partial charge on any atom is -0.496 e. The Balaban J connectivity index is 2.15. The number of carbonyl (C=O) groups is 1. The fourth-order valence-corrected chi connectivity index (χ4v) is 2.75. The van der Waals surface area contributed by atoms with Crippen molar-refractivity contribution in [2.75, 3.05) is 27.9 Å². The van der Waals surface area contributed by atoms with Crippen LogP contribution in [0.15, 0.2) is 45.6 Å². The van der Waals surface area contributed by atoms with Crippen molar-refractivity contribution in [2.24, 2.45) is 0 Å². The minimum atomic E-state index is -1.13. The van der Waals surface area contributed by atoms with Crippen molar-refractivity contribution in [1.82, 2.24) is 0 Å². The molecule has 1 heterocycles. The van der Waals surface area contributed by atoms with Crippen LogP contribution in [0.4, 0.5) is 0 Å². The van der Waals surface area contributed by atoms with Gasteiger partial charge in [-0.1, -0.05) is 0 Å². The highest BCUT2D eigenvalue weighted by atomic mass is 16.5. The van der Waals surface area contributed by atoms with E-state index in [4.69, 9.17) is 28.5 Å². The third kappa shape index (κ3) is 3.71. The highest BCUT2D eigenvalue weighted by molar-refractivity contribution is 5.86. The van der Waals surface area contributed by atoms with E-state index in [1.54, 1.807) is 18.2 Å². The molecule has 3 rings (SSSR count). The molecule has 0 aliphatic carbocycles. The van der Waals surface area contributed by atoms with Gasteiger partial charge in [0.1, 0.15) is 28.2 Å². The lowest BCUT2D eigenvalue weighted by Crippen LogP contribution is -2.10. The highest BCUT2D eigenvalue weighted by Gasteiger charge is 2.15. The zero-order valence-electron chi connectivity index (χ0n) is 15.5. The van der Waals surface area contributed by atoms with Crippen molar-refractivity contribution >= 4 is 16.9 Å². The van der Waals surface area contributed by atoms with E-state index in [1.807, 2.05) is 0 Å². The summed E-state index contributed by atoms with van der Waals surface area (Å²) >= 11 is 0. The molecular weight excluding hydrogens is 368 g/mol. The summed E-state index contributed by atoms with van der Waals surface area (Å²) in [4.78, 5) is 23.4. The number of hydrogen-bond acceptors (Lipinski definition) is 7. The normalized spacial score (nSPS) is 10.5. The Labute approximate surface area is 159 Å². The van der Waals surface area contributed by atoms with Gasteiger partial charge in [0.05, 0.1) is 21.3 Å². The van der Waals surface area contributed by atoms with Crippen molar-refractivity contribution < 1.29 is 33.3 Å². The van der Waals surface area contributed by atoms with Gasteiger partial charge in [-0.05, 0) is 18.2 Å². The Morgan fingerprint density at radius 3 is 2.32 bits per heavy atom. The molecule has 0 unspecified atom stereocenters. The van der Waals surface area contributed by atoms with Crippen LogP contribution in [0, 0.1) is 0 Å². The van der Waals surface area contributed by atoms with Crippen LogP contribution < -0.4 is 24.4 Å². The van der Waals surface area contributed by atoms with Gasteiger partial charge in [0.2, 0.25) is 0 Å². The second kappa shape index (κ2) is 7.91. The summed E-state index contributed by atoms with van der Waals surface area (Å²) in [6, 6.07) is 9.36. The van der Waals surface area contributed by atoms with Gasteiger partial charge in [-0.25, -0.2) is 4.79 Å². The molecular formula is C20H18O8.